The van der Waals surface area contributed by atoms with Gasteiger partial charge in [0.25, 0.3) is 15.9 Å². The molecule has 0 spiro atoms. The van der Waals surface area contributed by atoms with Gasteiger partial charge in [-0.1, -0.05) is 12.5 Å². The van der Waals surface area contributed by atoms with Gasteiger partial charge in [-0.15, -0.1) is 22.7 Å². The third-order valence-corrected chi connectivity index (χ3v) is 8.30. The number of carbonyl (C=O) groups excluding carboxylic acids is 2. The first-order chi connectivity index (χ1) is 12.4. The van der Waals surface area contributed by atoms with Crippen molar-refractivity contribution in [3.8, 4) is 0 Å². The molecule has 2 N–H and O–H groups in total. The van der Waals surface area contributed by atoms with E-state index in [0.29, 0.717) is 23.5 Å². The molecule has 3 rings (SSSR count). The van der Waals surface area contributed by atoms with Crippen LogP contribution in [0, 0.1) is 0 Å². The third-order valence-electron chi connectivity index (χ3n) is 4.19. The van der Waals surface area contributed by atoms with Crippen molar-refractivity contribution in [3.05, 3.63) is 34.5 Å². The summed E-state index contributed by atoms with van der Waals surface area (Å²) in [5.74, 6) is -0.703. The number of anilines is 1. The summed E-state index contributed by atoms with van der Waals surface area (Å²) < 4.78 is 27.3. The molecule has 2 aromatic heterocycles. The lowest BCUT2D eigenvalue weighted by Crippen LogP contribution is -2.49. The highest BCUT2D eigenvalue weighted by atomic mass is 32.2. The van der Waals surface area contributed by atoms with Gasteiger partial charge in [0, 0.05) is 13.6 Å². The van der Waals surface area contributed by atoms with Crippen molar-refractivity contribution in [1.29, 1.82) is 0 Å². The Kier molecular flexibility index (Phi) is 5.76. The first kappa shape index (κ1) is 19.0. The molecule has 140 valence electrons. The highest BCUT2D eigenvalue weighted by molar-refractivity contribution is 7.91. The van der Waals surface area contributed by atoms with Gasteiger partial charge in [0.05, 0.1) is 5.56 Å². The SMILES string of the molecule is CNC(=O)c1ccsc1NC(=O)[C@H]1CCCCN1S(=O)(=O)c1cccs1. The van der Waals surface area contributed by atoms with Crippen molar-refractivity contribution in [1.82, 2.24) is 9.62 Å². The van der Waals surface area contributed by atoms with Gasteiger partial charge in [-0.05, 0) is 35.7 Å². The number of nitrogens with zero attached hydrogens (tertiary/aromatic N) is 1. The molecule has 1 saturated heterocycles. The van der Waals surface area contributed by atoms with Crippen LogP contribution in [-0.2, 0) is 14.8 Å². The van der Waals surface area contributed by atoms with Crippen LogP contribution in [0.15, 0.2) is 33.2 Å². The minimum absolute atomic E-state index is 0.236. The Labute approximate surface area is 160 Å². The van der Waals surface area contributed by atoms with Crippen LogP contribution in [0.4, 0.5) is 5.00 Å². The zero-order valence-electron chi connectivity index (χ0n) is 14.1. The van der Waals surface area contributed by atoms with Gasteiger partial charge in [-0.25, -0.2) is 8.42 Å². The largest absolute Gasteiger partial charge is 0.355 e. The number of hydrogen-bond donors (Lipinski definition) is 2. The zero-order chi connectivity index (χ0) is 18.7. The molecule has 1 aliphatic heterocycles. The summed E-state index contributed by atoms with van der Waals surface area (Å²) in [5, 5.41) is 9.10. The van der Waals surface area contributed by atoms with Gasteiger partial charge < -0.3 is 10.6 Å². The molecule has 10 heteroatoms. The average Bonchev–Trinajstić information content (AvgIpc) is 3.33. The van der Waals surface area contributed by atoms with E-state index in [0.717, 1.165) is 24.2 Å². The number of nitrogens with one attached hydrogen (secondary N) is 2. The van der Waals surface area contributed by atoms with Crippen molar-refractivity contribution < 1.29 is 18.0 Å². The standard InChI is InChI=1S/C16H19N3O4S3/c1-17-14(20)11-7-10-25-16(11)18-15(21)12-5-2-3-8-19(12)26(22,23)13-6-4-9-24-13/h4,6-7,9-10,12H,2-3,5,8H2,1H3,(H,17,20)(H,18,21)/t12-/m1/s1. The maximum Gasteiger partial charge on any atom is 0.254 e. The molecule has 0 bridgehead atoms. The molecule has 2 aromatic rings. The van der Waals surface area contributed by atoms with E-state index < -0.39 is 22.0 Å². The van der Waals surface area contributed by atoms with E-state index in [2.05, 4.69) is 10.6 Å². The van der Waals surface area contributed by atoms with E-state index in [1.165, 1.54) is 22.7 Å². The van der Waals surface area contributed by atoms with E-state index in [1.54, 1.807) is 29.0 Å². The predicted molar refractivity (Wildman–Crippen MR) is 102 cm³/mol. The lowest BCUT2D eigenvalue weighted by atomic mass is 10.0. The molecule has 1 aliphatic rings. The summed E-state index contributed by atoms with van der Waals surface area (Å²) >= 11 is 2.37. The van der Waals surface area contributed by atoms with E-state index >= 15 is 0 Å². The van der Waals surface area contributed by atoms with Gasteiger partial charge in [0.1, 0.15) is 15.3 Å². The minimum atomic E-state index is -3.71. The lowest BCUT2D eigenvalue weighted by molar-refractivity contribution is -0.120. The fourth-order valence-corrected chi connectivity index (χ4v) is 6.46. The Morgan fingerprint density at radius 2 is 2.00 bits per heavy atom. The summed E-state index contributed by atoms with van der Waals surface area (Å²) in [6, 6.07) is 4.07. The molecule has 0 saturated carbocycles. The molecule has 7 nitrogen and oxygen atoms in total. The van der Waals surface area contributed by atoms with Crippen LogP contribution in [-0.4, -0.2) is 44.2 Å². The van der Waals surface area contributed by atoms with Crippen LogP contribution in [0.5, 0.6) is 0 Å². The number of amides is 2. The third kappa shape index (κ3) is 3.68. The summed E-state index contributed by atoms with van der Waals surface area (Å²) in [6.45, 7) is 0.311. The molecule has 0 radical (unpaired) electrons. The lowest BCUT2D eigenvalue weighted by Gasteiger charge is -2.33. The zero-order valence-corrected chi connectivity index (χ0v) is 16.5. The van der Waals surface area contributed by atoms with E-state index in [1.807, 2.05) is 0 Å². The smallest absolute Gasteiger partial charge is 0.254 e. The molecule has 1 fully saturated rings. The summed E-state index contributed by atoms with van der Waals surface area (Å²) in [6.07, 6.45) is 1.95. The Morgan fingerprint density at radius 1 is 1.19 bits per heavy atom. The van der Waals surface area contributed by atoms with Crippen molar-refractivity contribution in [2.45, 2.75) is 29.5 Å². The molecular weight excluding hydrogens is 394 g/mol. The summed E-state index contributed by atoms with van der Waals surface area (Å²) in [5.41, 5.74) is 0.370. The van der Waals surface area contributed by atoms with Gasteiger partial charge in [-0.2, -0.15) is 4.31 Å². The predicted octanol–water partition coefficient (Wildman–Crippen LogP) is 2.35. The van der Waals surface area contributed by atoms with Crippen LogP contribution in [0.25, 0.3) is 0 Å². The fraction of sp³-hybridized carbons (Fsp3) is 0.375. The Bertz CT molecular complexity index is 890. The average molecular weight is 414 g/mol. The molecule has 0 unspecified atom stereocenters. The molecule has 1 atom stereocenters. The number of rotatable bonds is 5. The Morgan fingerprint density at radius 3 is 2.69 bits per heavy atom. The van der Waals surface area contributed by atoms with Crippen molar-refractivity contribution in [2.24, 2.45) is 0 Å². The minimum Gasteiger partial charge on any atom is -0.355 e. The van der Waals surface area contributed by atoms with Crippen molar-refractivity contribution in [2.75, 3.05) is 18.9 Å². The molecule has 2 amide bonds. The van der Waals surface area contributed by atoms with Gasteiger partial charge >= 0.3 is 0 Å². The van der Waals surface area contributed by atoms with Gasteiger partial charge in [-0.3, -0.25) is 9.59 Å². The summed E-state index contributed by atoms with van der Waals surface area (Å²) in [4.78, 5) is 24.7. The maximum atomic E-state index is 12.9. The molecule has 0 aliphatic carbocycles. The number of piperidine rings is 1. The first-order valence-electron chi connectivity index (χ1n) is 8.11. The van der Waals surface area contributed by atoms with E-state index in [4.69, 9.17) is 0 Å². The van der Waals surface area contributed by atoms with E-state index in [-0.39, 0.29) is 10.1 Å². The number of carbonyl (C=O) groups is 2. The number of thiophene rings is 2. The van der Waals surface area contributed by atoms with Crippen LogP contribution in [0.3, 0.4) is 0 Å². The van der Waals surface area contributed by atoms with Crippen molar-refractivity contribution >= 4 is 49.5 Å². The van der Waals surface area contributed by atoms with Crippen molar-refractivity contribution in [3.63, 3.8) is 0 Å². The second-order valence-electron chi connectivity index (χ2n) is 5.79. The van der Waals surface area contributed by atoms with Crippen LogP contribution < -0.4 is 10.6 Å². The second kappa shape index (κ2) is 7.87. The van der Waals surface area contributed by atoms with E-state index in [9.17, 15) is 18.0 Å². The van der Waals surface area contributed by atoms with Crippen LogP contribution in [0.1, 0.15) is 29.6 Å². The highest BCUT2D eigenvalue weighted by Gasteiger charge is 2.38. The Hall–Kier alpha value is -1.75. The van der Waals surface area contributed by atoms with Crippen LogP contribution >= 0.6 is 22.7 Å². The normalized spacial score (nSPS) is 18.4. The fourth-order valence-electron chi connectivity index (χ4n) is 2.90. The van der Waals surface area contributed by atoms with Gasteiger partial charge in [0.15, 0.2) is 0 Å². The van der Waals surface area contributed by atoms with Crippen LogP contribution in [0.2, 0.25) is 0 Å². The number of hydrogen-bond acceptors (Lipinski definition) is 6. The summed E-state index contributed by atoms with van der Waals surface area (Å²) in [7, 11) is -2.19. The molecule has 0 aromatic carbocycles. The van der Waals surface area contributed by atoms with Gasteiger partial charge in [0.2, 0.25) is 5.91 Å². The first-order valence-corrected chi connectivity index (χ1v) is 11.3. The highest BCUT2D eigenvalue weighted by Crippen LogP contribution is 2.30. The maximum absolute atomic E-state index is 12.9. The molecule has 3 heterocycles. The Balaban J connectivity index is 1.83. The number of sulfonamides is 1. The second-order valence-corrected chi connectivity index (χ2v) is 9.77. The molecule has 26 heavy (non-hydrogen) atoms. The quantitative estimate of drug-likeness (QED) is 0.787. The monoisotopic (exact) mass is 413 g/mol. The molecular formula is C16H19N3O4S3. The topological polar surface area (TPSA) is 95.6 Å².